The van der Waals surface area contributed by atoms with Gasteiger partial charge in [-0.05, 0) is 24.7 Å². The van der Waals surface area contributed by atoms with E-state index in [2.05, 4.69) is 30.3 Å². The van der Waals surface area contributed by atoms with Crippen molar-refractivity contribution in [2.24, 2.45) is 16.8 Å². The lowest BCUT2D eigenvalue weighted by molar-refractivity contribution is -0.141. The first-order valence-corrected chi connectivity index (χ1v) is 8.61. The summed E-state index contributed by atoms with van der Waals surface area (Å²) in [4.78, 5) is 18.0. The van der Waals surface area contributed by atoms with E-state index in [1.54, 1.807) is 6.20 Å². The Bertz CT molecular complexity index is 585. The summed E-state index contributed by atoms with van der Waals surface area (Å²) in [7, 11) is 3.18. The number of aliphatic imine (C=N–C) groups is 1. The van der Waals surface area contributed by atoms with E-state index in [9.17, 15) is 4.79 Å². The van der Waals surface area contributed by atoms with Crippen LogP contribution in [0.4, 0.5) is 0 Å². The number of nitrogens with zero attached hydrogens (tertiary/aromatic N) is 5. The third kappa shape index (κ3) is 3.85. The molecule has 24 heavy (non-hydrogen) atoms. The molecule has 0 amide bonds. The van der Waals surface area contributed by atoms with Crippen molar-refractivity contribution in [2.45, 2.75) is 38.8 Å². The number of esters is 1. The summed E-state index contributed by atoms with van der Waals surface area (Å²) in [6.45, 7) is 2.81. The zero-order valence-corrected chi connectivity index (χ0v) is 14.4. The maximum Gasteiger partial charge on any atom is 0.327 e. The van der Waals surface area contributed by atoms with Gasteiger partial charge in [-0.3, -0.25) is 9.79 Å². The van der Waals surface area contributed by atoms with E-state index in [1.807, 2.05) is 7.05 Å². The predicted molar refractivity (Wildman–Crippen MR) is 89.3 cm³/mol. The van der Waals surface area contributed by atoms with Gasteiger partial charge in [-0.2, -0.15) is 0 Å². The van der Waals surface area contributed by atoms with Gasteiger partial charge in [-0.15, -0.1) is 5.10 Å². The average molecular weight is 334 g/mol. The molecule has 0 radical (unpaired) electrons. The number of hydrogen-bond acceptors (Lipinski definition) is 5. The highest BCUT2D eigenvalue weighted by Gasteiger charge is 2.35. The fourth-order valence-electron chi connectivity index (χ4n) is 3.77. The van der Waals surface area contributed by atoms with Crippen molar-refractivity contribution in [2.75, 3.05) is 27.2 Å². The van der Waals surface area contributed by atoms with Crippen molar-refractivity contribution in [3.05, 3.63) is 11.9 Å². The molecule has 0 bridgehead atoms. The summed E-state index contributed by atoms with van der Waals surface area (Å²) in [5.41, 5.74) is 0.775. The van der Waals surface area contributed by atoms with Crippen LogP contribution >= 0.6 is 0 Å². The van der Waals surface area contributed by atoms with Gasteiger partial charge in [0.2, 0.25) is 0 Å². The van der Waals surface area contributed by atoms with Gasteiger partial charge >= 0.3 is 5.97 Å². The molecule has 8 heteroatoms. The highest BCUT2D eigenvalue weighted by atomic mass is 16.5. The number of methoxy groups -OCH3 is 1. The first-order valence-electron chi connectivity index (χ1n) is 8.61. The van der Waals surface area contributed by atoms with Crippen LogP contribution < -0.4 is 5.32 Å². The SMILES string of the molecule is CN=C(NCc1cn(CC(=O)OC)nn1)N1CC2CCCCC2C1. The number of aromatic nitrogens is 3. The largest absolute Gasteiger partial charge is 0.468 e. The van der Waals surface area contributed by atoms with Gasteiger partial charge < -0.3 is 15.0 Å². The van der Waals surface area contributed by atoms with E-state index in [0.29, 0.717) is 6.54 Å². The normalized spacial score (nSPS) is 23.9. The molecule has 2 fully saturated rings. The van der Waals surface area contributed by atoms with Gasteiger partial charge in [-0.1, -0.05) is 18.1 Å². The van der Waals surface area contributed by atoms with Crippen molar-refractivity contribution < 1.29 is 9.53 Å². The minimum Gasteiger partial charge on any atom is -0.468 e. The molecule has 1 N–H and O–H groups in total. The fraction of sp³-hybridized carbons (Fsp3) is 0.750. The number of nitrogens with one attached hydrogen (secondary N) is 1. The number of hydrogen-bond donors (Lipinski definition) is 1. The Morgan fingerprint density at radius 2 is 2.08 bits per heavy atom. The first-order chi connectivity index (χ1) is 11.7. The van der Waals surface area contributed by atoms with Crippen LogP contribution in [0.25, 0.3) is 0 Å². The van der Waals surface area contributed by atoms with Gasteiger partial charge in [0.1, 0.15) is 12.2 Å². The number of carbonyl (C=O) groups excluding carboxylic acids is 1. The number of rotatable bonds is 4. The summed E-state index contributed by atoms with van der Waals surface area (Å²) in [5, 5.41) is 11.4. The summed E-state index contributed by atoms with van der Waals surface area (Å²) in [5.74, 6) is 2.22. The van der Waals surface area contributed by atoms with Crippen LogP contribution in [0.3, 0.4) is 0 Å². The van der Waals surface area contributed by atoms with Gasteiger partial charge in [0.15, 0.2) is 5.96 Å². The van der Waals surface area contributed by atoms with Crippen LogP contribution in [0, 0.1) is 11.8 Å². The van der Waals surface area contributed by atoms with E-state index in [4.69, 9.17) is 0 Å². The van der Waals surface area contributed by atoms with Crippen LogP contribution in [0.1, 0.15) is 31.4 Å². The lowest BCUT2D eigenvalue weighted by Crippen LogP contribution is -2.40. The molecule has 1 aliphatic carbocycles. The average Bonchev–Trinajstić information content (AvgIpc) is 3.22. The molecule has 1 aliphatic heterocycles. The Morgan fingerprint density at radius 3 is 2.71 bits per heavy atom. The van der Waals surface area contributed by atoms with Crippen LogP contribution in [-0.2, 0) is 22.6 Å². The van der Waals surface area contributed by atoms with Crippen molar-refractivity contribution in [1.82, 2.24) is 25.2 Å². The van der Waals surface area contributed by atoms with Crippen LogP contribution in [0.2, 0.25) is 0 Å². The molecule has 1 saturated carbocycles. The Hall–Kier alpha value is -2.12. The summed E-state index contributed by atoms with van der Waals surface area (Å²) >= 11 is 0. The second-order valence-electron chi connectivity index (χ2n) is 6.59. The number of likely N-dealkylation sites (tertiary alicyclic amines) is 1. The van der Waals surface area contributed by atoms with Crippen molar-refractivity contribution in [3.63, 3.8) is 0 Å². The topological polar surface area (TPSA) is 84.6 Å². The molecule has 2 heterocycles. The number of guanidine groups is 1. The maximum absolute atomic E-state index is 11.2. The highest BCUT2D eigenvalue weighted by molar-refractivity contribution is 5.80. The van der Waals surface area contributed by atoms with Gasteiger partial charge in [0, 0.05) is 20.1 Å². The standard InChI is InChI=1S/C16H26N6O2/c1-17-16(21-8-12-5-3-4-6-13(12)9-21)18-7-14-10-22(20-19-14)11-15(23)24-2/h10,12-13H,3-9,11H2,1-2H3,(H,17,18). The second kappa shape index (κ2) is 7.63. The summed E-state index contributed by atoms with van der Waals surface area (Å²) in [6.07, 6.45) is 7.18. The molecular weight excluding hydrogens is 308 g/mol. The number of fused-ring (bicyclic) bond motifs is 1. The molecule has 132 valence electrons. The van der Waals surface area contributed by atoms with Crippen molar-refractivity contribution >= 4 is 11.9 Å². The third-order valence-electron chi connectivity index (χ3n) is 5.02. The molecule has 1 aromatic rings. The fourth-order valence-corrected chi connectivity index (χ4v) is 3.77. The van der Waals surface area contributed by atoms with Crippen LogP contribution in [0.15, 0.2) is 11.2 Å². The molecule has 1 aromatic heterocycles. The van der Waals surface area contributed by atoms with Crippen LogP contribution in [0.5, 0.6) is 0 Å². The van der Waals surface area contributed by atoms with E-state index in [-0.39, 0.29) is 12.5 Å². The Labute approximate surface area is 142 Å². The Kier molecular flexibility index (Phi) is 5.32. The zero-order valence-electron chi connectivity index (χ0n) is 14.4. The molecule has 0 spiro atoms. The molecule has 2 atom stereocenters. The van der Waals surface area contributed by atoms with Crippen molar-refractivity contribution in [3.8, 4) is 0 Å². The Balaban J connectivity index is 1.52. The zero-order chi connectivity index (χ0) is 16.9. The lowest BCUT2D eigenvalue weighted by Gasteiger charge is -2.22. The second-order valence-corrected chi connectivity index (χ2v) is 6.59. The third-order valence-corrected chi connectivity index (χ3v) is 5.02. The number of ether oxygens (including phenoxy) is 1. The quantitative estimate of drug-likeness (QED) is 0.494. The van der Waals surface area contributed by atoms with E-state index in [1.165, 1.54) is 37.5 Å². The molecule has 2 aliphatic rings. The highest BCUT2D eigenvalue weighted by Crippen LogP contribution is 2.35. The minimum atomic E-state index is -0.338. The van der Waals surface area contributed by atoms with E-state index in [0.717, 1.165) is 36.6 Å². The lowest BCUT2D eigenvalue weighted by atomic mass is 9.82. The molecule has 8 nitrogen and oxygen atoms in total. The predicted octanol–water partition coefficient (Wildman–Crippen LogP) is 0.648. The van der Waals surface area contributed by atoms with Crippen molar-refractivity contribution in [1.29, 1.82) is 0 Å². The van der Waals surface area contributed by atoms with Crippen LogP contribution in [-0.4, -0.2) is 59.1 Å². The summed E-state index contributed by atoms with van der Waals surface area (Å²) < 4.78 is 6.11. The van der Waals surface area contributed by atoms with Gasteiger partial charge in [0.25, 0.3) is 0 Å². The Morgan fingerprint density at radius 1 is 1.38 bits per heavy atom. The minimum absolute atomic E-state index is 0.0771. The molecule has 3 rings (SSSR count). The van der Waals surface area contributed by atoms with E-state index < -0.39 is 0 Å². The van der Waals surface area contributed by atoms with E-state index >= 15 is 0 Å². The molecule has 2 unspecified atom stereocenters. The molecular formula is C16H26N6O2. The molecule has 1 saturated heterocycles. The number of carbonyl (C=O) groups is 1. The smallest absolute Gasteiger partial charge is 0.327 e. The monoisotopic (exact) mass is 334 g/mol. The van der Waals surface area contributed by atoms with Gasteiger partial charge in [-0.25, -0.2) is 4.68 Å². The van der Waals surface area contributed by atoms with Gasteiger partial charge in [0.05, 0.1) is 19.9 Å². The first kappa shape index (κ1) is 16.7. The summed E-state index contributed by atoms with van der Waals surface area (Å²) in [6, 6.07) is 0. The maximum atomic E-state index is 11.2. The molecule has 0 aromatic carbocycles.